The van der Waals surface area contributed by atoms with Crippen LogP contribution >= 0.6 is 11.3 Å². The monoisotopic (exact) mass is 439 g/mol. The number of carbonyl (C=O) groups excluding carboxylic acids is 1. The average molecular weight is 440 g/mol. The fraction of sp³-hybridized carbons (Fsp3) is 0.0476. The number of amides is 1. The lowest BCUT2D eigenvalue weighted by Crippen LogP contribution is -2.12. The molecule has 4 rings (SSSR count). The molecule has 0 spiro atoms. The lowest BCUT2D eigenvalue weighted by Gasteiger charge is -2.06. The van der Waals surface area contributed by atoms with Crippen LogP contribution in [0.2, 0.25) is 0 Å². The third-order valence-electron chi connectivity index (χ3n) is 4.25. The lowest BCUT2D eigenvalue weighted by molar-refractivity contribution is 0.102. The summed E-state index contributed by atoms with van der Waals surface area (Å²) in [6, 6.07) is 20.1. The van der Waals surface area contributed by atoms with Gasteiger partial charge in [0.25, 0.3) is 15.9 Å². The van der Waals surface area contributed by atoms with Crippen molar-refractivity contribution in [2.75, 3.05) is 17.1 Å². The Morgan fingerprint density at radius 1 is 1.00 bits per heavy atom. The van der Waals surface area contributed by atoms with Gasteiger partial charge in [-0.1, -0.05) is 35.6 Å². The quantitative estimate of drug-likeness (QED) is 0.465. The zero-order chi connectivity index (χ0) is 21.1. The first-order valence-electron chi connectivity index (χ1n) is 8.88. The van der Waals surface area contributed by atoms with Gasteiger partial charge in [-0.25, -0.2) is 13.4 Å². The van der Waals surface area contributed by atoms with E-state index < -0.39 is 10.0 Å². The number of carbonyl (C=O) groups is 1. The molecule has 0 aliphatic rings. The number of hydrogen-bond donors (Lipinski definition) is 2. The van der Waals surface area contributed by atoms with Crippen molar-refractivity contribution in [2.45, 2.75) is 4.90 Å². The van der Waals surface area contributed by atoms with E-state index in [1.54, 1.807) is 67.8 Å². The van der Waals surface area contributed by atoms with Gasteiger partial charge in [0.05, 0.1) is 22.2 Å². The van der Waals surface area contributed by atoms with Gasteiger partial charge in [0.15, 0.2) is 5.13 Å². The number of thiazole rings is 1. The van der Waals surface area contributed by atoms with E-state index >= 15 is 0 Å². The summed E-state index contributed by atoms with van der Waals surface area (Å²) in [4.78, 5) is 17.0. The first kappa shape index (κ1) is 19.9. The number of hydrogen-bond acceptors (Lipinski definition) is 6. The third-order valence-corrected chi connectivity index (χ3v) is 6.67. The number of ether oxygens (including phenoxy) is 1. The van der Waals surface area contributed by atoms with Crippen LogP contribution in [0.25, 0.3) is 10.2 Å². The molecule has 2 N–H and O–H groups in total. The predicted molar refractivity (Wildman–Crippen MR) is 118 cm³/mol. The molecule has 0 atom stereocenters. The van der Waals surface area contributed by atoms with E-state index in [1.165, 1.54) is 23.5 Å². The Labute approximate surface area is 177 Å². The van der Waals surface area contributed by atoms with E-state index in [4.69, 9.17) is 4.74 Å². The molecule has 4 aromatic rings. The second-order valence-corrected chi connectivity index (χ2v) is 9.02. The molecule has 1 aromatic heterocycles. The molecule has 0 aliphatic carbocycles. The van der Waals surface area contributed by atoms with Crippen LogP contribution in [0.1, 0.15) is 10.4 Å². The molecule has 30 heavy (non-hydrogen) atoms. The zero-order valence-electron chi connectivity index (χ0n) is 15.8. The number of nitrogens with one attached hydrogen (secondary N) is 2. The zero-order valence-corrected chi connectivity index (χ0v) is 17.5. The van der Waals surface area contributed by atoms with Crippen molar-refractivity contribution in [1.82, 2.24) is 4.98 Å². The number of rotatable bonds is 6. The Balaban J connectivity index is 1.54. The topological polar surface area (TPSA) is 97.4 Å². The van der Waals surface area contributed by atoms with E-state index in [0.29, 0.717) is 22.5 Å². The molecule has 0 bridgehead atoms. The second-order valence-electron chi connectivity index (χ2n) is 6.31. The molecule has 0 aliphatic heterocycles. The molecule has 152 valence electrons. The fourth-order valence-electron chi connectivity index (χ4n) is 2.79. The van der Waals surface area contributed by atoms with Crippen LogP contribution < -0.4 is 14.8 Å². The maximum Gasteiger partial charge on any atom is 0.263 e. The smallest absolute Gasteiger partial charge is 0.263 e. The van der Waals surface area contributed by atoms with Crippen LogP contribution in [0.4, 0.5) is 10.8 Å². The summed E-state index contributed by atoms with van der Waals surface area (Å²) in [5, 5.41) is 3.09. The van der Waals surface area contributed by atoms with Gasteiger partial charge in [-0.15, -0.1) is 0 Å². The van der Waals surface area contributed by atoms with Gasteiger partial charge in [-0.3, -0.25) is 9.52 Å². The van der Waals surface area contributed by atoms with Crippen LogP contribution in [0, 0.1) is 0 Å². The van der Waals surface area contributed by atoms with Crippen LogP contribution in [0.5, 0.6) is 5.75 Å². The molecule has 3 aromatic carbocycles. The minimum absolute atomic E-state index is 0.162. The number of anilines is 2. The largest absolute Gasteiger partial charge is 0.497 e. The molecule has 0 radical (unpaired) electrons. The first-order chi connectivity index (χ1) is 14.4. The number of aromatic nitrogens is 1. The fourth-order valence-corrected chi connectivity index (χ4v) is 4.95. The number of sulfonamides is 1. The minimum atomic E-state index is -3.72. The third kappa shape index (κ3) is 4.27. The SMILES string of the molecule is COc1cccc(C(=O)Nc2ccc3nc(NS(=O)(=O)c4ccccc4)sc3c2)c1. The summed E-state index contributed by atoms with van der Waals surface area (Å²) in [6.07, 6.45) is 0. The van der Waals surface area contributed by atoms with E-state index in [1.807, 2.05) is 0 Å². The number of methoxy groups -OCH3 is 1. The Bertz CT molecular complexity index is 1320. The van der Waals surface area contributed by atoms with Gasteiger partial charge >= 0.3 is 0 Å². The van der Waals surface area contributed by atoms with E-state index in [2.05, 4.69) is 15.0 Å². The number of benzene rings is 3. The van der Waals surface area contributed by atoms with Crippen LogP contribution in [-0.2, 0) is 10.0 Å². The summed E-state index contributed by atoms with van der Waals surface area (Å²) in [7, 11) is -2.18. The number of fused-ring (bicyclic) bond motifs is 1. The molecular formula is C21H17N3O4S2. The van der Waals surface area contributed by atoms with Gasteiger partial charge in [-0.2, -0.15) is 0 Å². The van der Waals surface area contributed by atoms with Crippen molar-refractivity contribution >= 4 is 48.3 Å². The second kappa shape index (κ2) is 8.13. The van der Waals surface area contributed by atoms with Crippen LogP contribution in [-0.4, -0.2) is 26.4 Å². The Morgan fingerprint density at radius 2 is 1.80 bits per heavy atom. The van der Waals surface area contributed by atoms with Crippen molar-refractivity contribution < 1.29 is 17.9 Å². The maximum atomic E-state index is 12.5. The maximum absolute atomic E-state index is 12.5. The summed E-state index contributed by atoms with van der Waals surface area (Å²) >= 11 is 1.19. The molecule has 0 fully saturated rings. The standard InChI is InChI=1S/C21H17N3O4S2/c1-28-16-7-5-6-14(12-16)20(25)22-15-10-11-18-19(13-15)29-21(23-18)24-30(26,27)17-8-3-2-4-9-17/h2-13H,1H3,(H,22,25)(H,23,24). The van der Waals surface area contributed by atoms with Gasteiger partial charge in [0.1, 0.15) is 5.75 Å². The van der Waals surface area contributed by atoms with Gasteiger partial charge < -0.3 is 10.1 Å². The molecule has 1 amide bonds. The molecule has 0 saturated carbocycles. The van der Waals surface area contributed by atoms with Gasteiger partial charge in [0, 0.05) is 11.3 Å². The van der Waals surface area contributed by atoms with Gasteiger partial charge in [0.2, 0.25) is 0 Å². The van der Waals surface area contributed by atoms with E-state index in [0.717, 1.165) is 4.70 Å². The lowest BCUT2D eigenvalue weighted by atomic mass is 10.2. The molecular weight excluding hydrogens is 422 g/mol. The molecule has 0 saturated heterocycles. The highest BCUT2D eigenvalue weighted by atomic mass is 32.2. The summed E-state index contributed by atoms with van der Waals surface area (Å²) < 4.78 is 33.4. The van der Waals surface area contributed by atoms with E-state index in [9.17, 15) is 13.2 Å². The molecule has 1 heterocycles. The predicted octanol–water partition coefficient (Wildman–Crippen LogP) is 4.36. The highest BCUT2D eigenvalue weighted by Crippen LogP contribution is 2.30. The van der Waals surface area contributed by atoms with Crippen LogP contribution in [0.3, 0.4) is 0 Å². The summed E-state index contributed by atoms with van der Waals surface area (Å²) in [5.74, 6) is 0.318. The van der Waals surface area contributed by atoms with Crippen molar-refractivity contribution in [3.8, 4) is 5.75 Å². The van der Waals surface area contributed by atoms with Crippen molar-refractivity contribution in [1.29, 1.82) is 0 Å². The Kier molecular flexibility index (Phi) is 5.39. The van der Waals surface area contributed by atoms with Crippen molar-refractivity contribution in [2.24, 2.45) is 0 Å². The first-order valence-corrected chi connectivity index (χ1v) is 11.2. The highest BCUT2D eigenvalue weighted by Gasteiger charge is 2.16. The average Bonchev–Trinajstić information content (AvgIpc) is 3.15. The minimum Gasteiger partial charge on any atom is -0.497 e. The van der Waals surface area contributed by atoms with Crippen molar-refractivity contribution in [3.05, 3.63) is 78.4 Å². The summed E-state index contributed by atoms with van der Waals surface area (Å²) in [6.45, 7) is 0. The Hall–Kier alpha value is -3.43. The van der Waals surface area contributed by atoms with E-state index in [-0.39, 0.29) is 15.9 Å². The molecule has 9 heteroatoms. The number of nitrogens with zero attached hydrogens (tertiary/aromatic N) is 1. The normalized spacial score (nSPS) is 11.2. The molecule has 0 unspecified atom stereocenters. The van der Waals surface area contributed by atoms with Crippen molar-refractivity contribution in [3.63, 3.8) is 0 Å². The molecule has 7 nitrogen and oxygen atoms in total. The Morgan fingerprint density at radius 3 is 2.57 bits per heavy atom. The van der Waals surface area contributed by atoms with Crippen LogP contribution in [0.15, 0.2) is 77.7 Å². The highest BCUT2D eigenvalue weighted by molar-refractivity contribution is 7.93. The van der Waals surface area contributed by atoms with Gasteiger partial charge in [-0.05, 0) is 48.5 Å². The summed E-state index contributed by atoms with van der Waals surface area (Å²) in [5.41, 5.74) is 1.68.